The molecule has 1 aromatic rings. The van der Waals surface area contributed by atoms with Gasteiger partial charge in [-0.25, -0.2) is 0 Å². The Morgan fingerprint density at radius 1 is 1.11 bits per heavy atom. The lowest BCUT2D eigenvalue weighted by atomic mass is 10.0. The molecule has 1 aromatic carbocycles. The minimum atomic E-state index is 0.541. The fourth-order valence-corrected chi connectivity index (χ4v) is 1.86. The Bertz CT molecular complexity index is 337. The molecule has 19 heavy (non-hydrogen) atoms. The second kappa shape index (κ2) is 8.81. The lowest BCUT2D eigenvalue weighted by molar-refractivity contribution is 0.261. The normalized spacial score (nSPS) is 13.9. The first-order chi connectivity index (χ1) is 9.17. The topological polar surface area (TPSA) is 30.5 Å². The van der Waals surface area contributed by atoms with Crippen molar-refractivity contribution in [3.8, 4) is 11.5 Å². The molecule has 0 aliphatic heterocycles. The summed E-state index contributed by atoms with van der Waals surface area (Å²) < 4.78 is 10.9. The van der Waals surface area contributed by atoms with Crippen LogP contribution >= 0.6 is 0 Å². The molecule has 0 radical (unpaired) electrons. The van der Waals surface area contributed by atoms with Crippen molar-refractivity contribution < 1.29 is 9.47 Å². The van der Waals surface area contributed by atoms with Crippen molar-refractivity contribution in [3.05, 3.63) is 24.3 Å². The van der Waals surface area contributed by atoms with E-state index in [4.69, 9.17) is 9.47 Å². The van der Waals surface area contributed by atoms with Crippen LogP contribution in [0.4, 0.5) is 0 Å². The molecule has 1 rings (SSSR count). The number of ether oxygens (including phenoxy) is 2. The van der Waals surface area contributed by atoms with Gasteiger partial charge in [0.15, 0.2) is 0 Å². The molecular weight excluding hydrogens is 238 g/mol. The van der Waals surface area contributed by atoms with E-state index in [1.54, 1.807) is 7.11 Å². The highest BCUT2D eigenvalue weighted by Gasteiger charge is 2.11. The molecule has 0 heterocycles. The first-order valence-corrected chi connectivity index (χ1v) is 7.17. The molecular formula is C16H27NO2. The number of rotatable bonds is 9. The van der Waals surface area contributed by atoms with E-state index >= 15 is 0 Å². The Labute approximate surface area is 117 Å². The Hall–Kier alpha value is -1.22. The lowest BCUT2D eigenvalue weighted by Crippen LogP contribution is -2.33. The van der Waals surface area contributed by atoms with E-state index in [2.05, 4.69) is 26.1 Å². The standard InChI is InChI=1S/C16H27NO2/c1-5-11-17-14(3)13(2)10-12-19-16-8-6-15(18-4)7-9-16/h6-9,13-14,17H,5,10-12H2,1-4H3. The highest BCUT2D eigenvalue weighted by molar-refractivity contribution is 5.31. The molecule has 3 heteroatoms. The monoisotopic (exact) mass is 265 g/mol. The van der Waals surface area contributed by atoms with Gasteiger partial charge in [0, 0.05) is 6.04 Å². The van der Waals surface area contributed by atoms with Gasteiger partial charge in [-0.05, 0) is 56.5 Å². The molecule has 1 N–H and O–H groups in total. The molecule has 0 spiro atoms. The average molecular weight is 265 g/mol. The summed E-state index contributed by atoms with van der Waals surface area (Å²) in [5.41, 5.74) is 0. The Balaban J connectivity index is 2.24. The maximum Gasteiger partial charge on any atom is 0.119 e. The maximum atomic E-state index is 5.75. The van der Waals surface area contributed by atoms with Crippen LogP contribution in [-0.2, 0) is 0 Å². The van der Waals surface area contributed by atoms with E-state index in [-0.39, 0.29) is 0 Å². The van der Waals surface area contributed by atoms with Crippen LogP contribution in [0.3, 0.4) is 0 Å². The van der Waals surface area contributed by atoms with E-state index in [0.29, 0.717) is 12.0 Å². The first-order valence-electron chi connectivity index (χ1n) is 7.17. The lowest BCUT2D eigenvalue weighted by Gasteiger charge is -2.21. The van der Waals surface area contributed by atoms with E-state index in [0.717, 1.165) is 31.1 Å². The van der Waals surface area contributed by atoms with Crippen LogP contribution in [0.25, 0.3) is 0 Å². The second-order valence-corrected chi connectivity index (χ2v) is 5.03. The molecule has 3 nitrogen and oxygen atoms in total. The van der Waals surface area contributed by atoms with Gasteiger partial charge in [-0.15, -0.1) is 0 Å². The second-order valence-electron chi connectivity index (χ2n) is 5.03. The molecule has 2 atom stereocenters. The van der Waals surface area contributed by atoms with Crippen LogP contribution < -0.4 is 14.8 Å². The third kappa shape index (κ3) is 5.97. The Morgan fingerprint density at radius 2 is 1.74 bits per heavy atom. The summed E-state index contributed by atoms with van der Waals surface area (Å²) in [5, 5.41) is 3.52. The smallest absolute Gasteiger partial charge is 0.119 e. The molecule has 0 aliphatic carbocycles. The van der Waals surface area contributed by atoms with E-state index in [9.17, 15) is 0 Å². The molecule has 0 saturated carbocycles. The number of benzene rings is 1. The zero-order chi connectivity index (χ0) is 14.1. The van der Waals surface area contributed by atoms with E-state index in [1.807, 2.05) is 24.3 Å². The minimum absolute atomic E-state index is 0.541. The summed E-state index contributed by atoms with van der Waals surface area (Å²) in [6.45, 7) is 8.55. The van der Waals surface area contributed by atoms with Crippen molar-refractivity contribution in [1.29, 1.82) is 0 Å². The third-order valence-electron chi connectivity index (χ3n) is 3.47. The summed E-state index contributed by atoms with van der Waals surface area (Å²) in [6, 6.07) is 8.28. The van der Waals surface area contributed by atoms with Crippen molar-refractivity contribution in [3.63, 3.8) is 0 Å². The Morgan fingerprint density at radius 3 is 2.32 bits per heavy atom. The van der Waals surface area contributed by atoms with Crippen LogP contribution in [0.2, 0.25) is 0 Å². The third-order valence-corrected chi connectivity index (χ3v) is 3.47. The fraction of sp³-hybridized carbons (Fsp3) is 0.625. The van der Waals surface area contributed by atoms with E-state index < -0.39 is 0 Å². The predicted octanol–water partition coefficient (Wildman–Crippen LogP) is 3.49. The van der Waals surface area contributed by atoms with Gasteiger partial charge in [0.05, 0.1) is 13.7 Å². The summed E-state index contributed by atoms with van der Waals surface area (Å²) in [6.07, 6.45) is 2.24. The van der Waals surface area contributed by atoms with Crippen LogP contribution in [-0.4, -0.2) is 26.3 Å². The SMILES string of the molecule is CCCNC(C)C(C)CCOc1ccc(OC)cc1. The molecule has 108 valence electrons. The van der Waals surface area contributed by atoms with Crippen molar-refractivity contribution in [2.45, 2.75) is 39.7 Å². The van der Waals surface area contributed by atoms with Gasteiger partial charge in [0.1, 0.15) is 11.5 Å². The van der Waals surface area contributed by atoms with Crippen molar-refractivity contribution >= 4 is 0 Å². The predicted molar refractivity (Wildman–Crippen MR) is 80.0 cm³/mol. The summed E-state index contributed by atoms with van der Waals surface area (Å²) in [5.74, 6) is 2.38. The summed E-state index contributed by atoms with van der Waals surface area (Å²) in [7, 11) is 1.67. The van der Waals surface area contributed by atoms with Crippen LogP contribution in [0.5, 0.6) is 11.5 Å². The number of nitrogens with one attached hydrogen (secondary N) is 1. The van der Waals surface area contributed by atoms with Crippen molar-refractivity contribution in [2.75, 3.05) is 20.3 Å². The number of methoxy groups -OCH3 is 1. The van der Waals surface area contributed by atoms with Gasteiger partial charge >= 0.3 is 0 Å². The molecule has 0 bridgehead atoms. The van der Waals surface area contributed by atoms with Gasteiger partial charge in [0.25, 0.3) is 0 Å². The zero-order valence-electron chi connectivity index (χ0n) is 12.6. The number of hydrogen-bond donors (Lipinski definition) is 1. The van der Waals surface area contributed by atoms with Crippen molar-refractivity contribution in [2.24, 2.45) is 5.92 Å². The highest BCUT2D eigenvalue weighted by atomic mass is 16.5. The van der Waals surface area contributed by atoms with Crippen LogP contribution in [0.15, 0.2) is 24.3 Å². The summed E-state index contributed by atoms with van der Waals surface area (Å²) >= 11 is 0. The fourth-order valence-electron chi connectivity index (χ4n) is 1.86. The highest BCUT2D eigenvalue weighted by Crippen LogP contribution is 2.18. The zero-order valence-corrected chi connectivity index (χ0v) is 12.6. The van der Waals surface area contributed by atoms with Gasteiger partial charge in [-0.1, -0.05) is 13.8 Å². The maximum absolute atomic E-state index is 5.75. The molecule has 0 aromatic heterocycles. The van der Waals surface area contributed by atoms with Gasteiger partial charge in [-0.2, -0.15) is 0 Å². The molecule has 0 fully saturated rings. The van der Waals surface area contributed by atoms with Crippen LogP contribution in [0, 0.1) is 5.92 Å². The van der Waals surface area contributed by atoms with E-state index in [1.165, 1.54) is 6.42 Å². The quantitative estimate of drug-likeness (QED) is 0.741. The van der Waals surface area contributed by atoms with Gasteiger partial charge < -0.3 is 14.8 Å². The van der Waals surface area contributed by atoms with Gasteiger partial charge in [-0.3, -0.25) is 0 Å². The molecule has 0 amide bonds. The largest absolute Gasteiger partial charge is 0.497 e. The first kappa shape index (κ1) is 15.8. The molecule has 0 aliphatic rings. The Kier molecular flexibility index (Phi) is 7.34. The van der Waals surface area contributed by atoms with Gasteiger partial charge in [0.2, 0.25) is 0 Å². The molecule has 2 unspecified atom stereocenters. The molecule has 0 saturated heterocycles. The number of hydrogen-bond acceptors (Lipinski definition) is 3. The van der Waals surface area contributed by atoms with Crippen molar-refractivity contribution in [1.82, 2.24) is 5.32 Å². The average Bonchev–Trinajstić information content (AvgIpc) is 2.45. The minimum Gasteiger partial charge on any atom is -0.497 e. The summed E-state index contributed by atoms with van der Waals surface area (Å²) in [4.78, 5) is 0. The van der Waals surface area contributed by atoms with Crippen LogP contribution in [0.1, 0.15) is 33.6 Å².